The summed E-state index contributed by atoms with van der Waals surface area (Å²) in [7, 11) is 0. The zero-order valence-electron chi connectivity index (χ0n) is 20.0. The molecule has 2 aromatic heterocycles. The molecule has 0 saturated carbocycles. The number of carbonyl (C=O) groups is 1. The maximum absolute atomic E-state index is 14.1. The Morgan fingerprint density at radius 2 is 2.11 bits per heavy atom. The van der Waals surface area contributed by atoms with Crippen LogP contribution < -0.4 is 15.8 Å². The van der Waals surface area contributed by atoms with Gasteiger partial charge in [-0.15, -0.1) is 0 Å². The van der Waals surface area contributed by atoms with Crippen LogP contribution in [0, 0.1) is 11.6 Å². The molecule has 1 aliphatic rings. The van der Waals surface area contributed by atoms with E-state index in [0.717, 1.165) is 60.2 Å². The minimum absolute atomic E-state index is 0.00676. The lowest BCUT2D eigenvalue weighted by atomic mass is 10.1. The molecule has 0 aliphatic carbocycles. The molecule has 37 heavy (non-hydrogen) atoms. The van der Waals surface area contributed by atoms with Crippen LogP contribution in [-0.4, -0.2) is 44.9 Å². The van der Waals surface area contributed by atoms with Gasteiger partial charge in [0, 0.05) is 60.8 Å². The lowest BCUT2D eigenvalue weighted by molar-refractivity contribution is -0.119. The van der Waals surface area contributed by atoms with Crippen LogP contribution in [0.2, 0.25) is 5.02 Å². The number of amides is 1. The average molecular weight is 527 g/mol. The van der Waals surface area contributed by atoms with E-state index in [1.54, 1.807) is 0 Å². The third kappa shape index (κ3) is 5.35. The van der Waals surface area contributed by atoms with Gasteiger partial charge in [0.25, 0.3) is 5.88 Å². The van der Waals surface area contributed by atoms with Crippen LogP contribution in [0.3, 0.4) is 0 Å². The maximum atomic E-state index is 14.1. The number of nitrogen functional groups attached to an aromatic ring is 1. The molecule has 1 fully saturated rings. The first kappa shape index (κ1) is 24.9. The van der Waals surface area contributed by atoms with E-state index in [2.05, 4.69) is 25.2 Å². The van der Waals surface area contributed by atoms with Gasteiger partial charge < -0.3 is 20.8 Å². The summed E-state index contributed by atoms with van der Waals surface area (Å²) in [6, 6.07) is 7.97. The number of benzene rings is 2. The van der Waals surface area contributed by atoms with Gasteiger partial charge in [-0.2, -0.15) is 0 Å². The Morgan fingerprint density at radius 1 is 1.30 bits per heavy atom. The van der Waals surface area contributed by atoms with Gasteiger partial charge in [0.1, 0.15) is 18.2 Å². The molecule has 1 aliphatic heterocycles. The van der Waals surface area contributed by atoms with Crippen LogP contribution in [0.15, 0.2) is 42.7 Å². The first-order valence-corrected chi connectivity index (χ1v) is 12.1. The Hall–Kier alpha value is -3.76. The third-order valence-corrected chi connectivity index (χ3v) is 6.80. The van der Waals surface area contributed by atoms with Gasteiger partial charge in [0.2, 0.25) is 5.91 Å². The van der Waals surface area contributed by atoms with Crippen molar-refractivity contribution < 1.29 is 18.3 Å². The molecule has 0 spiro atoms. The van der Waals surface area contributed by atoms with Gasteiger partial charge in [-0.1, -0.05) is 17.7 Å². The van der Waals surface area contributed by atoms with Crippen molar-refractivity contribution >= 4 is 34.2 Å². The second-order valence-corrected chi connectivity index (χ2v) is 9.43. The van der Waals surface area contributed by atoms with Gasteiger partial charge in [-0.3, -0.25) is 9.69 Å². The second kappa shape index (κ2) is 10.3. The van der Waals surface area contributed by atoms with Crippen molar-refractivity contribution in [3.63, 3.8) is 0 Å². The Labute approximate surface area is 216 Å². The zero-order chi connectivity index (χ0) is 26.1. The van der Waals surface area contributed by atoms with E-state index in [4.69, 9.17) is 22.1 Å². The Morgan fingerprint density at radius 3 is 2.92 bits per heavy atom. The molecule has 0 unspecified atom stereocenters. The number of aromatic amines is 1. The number of nitrogens with two attached hydrogens (primary N) is 1. The molecule has 1 saturated heterocycles. The minimum atomic E-state index is -0.746. The number of nitrogens with zero attached hydrogens (tertiary/aromatic N) is 3. The molecule has 8 nitrogen and oxygen atoms in total. The summed E-state index contributed by atoms with van der Waals surface area (Å²) in [5.74, 6) is -1.44. The monoisotopic (exact) mass is 526 g/mol. The van der Waals surface area contributed by atoms with Crippen molar-refractivity contribution in [1.82, 2.24) is 25.2 Å². The largest absolute Gasteiger partial charge is 0.470 e. The first-order valence-electron chi connectivity index (χ1n) is 11.8. The van der Waals surface area contributed by atoms with Crippen LogP contribution in [0.5, 0.6) is 5.88 Å². The van der Waals surface area contributed by atoms with E-state index < -0.39 is 11.6 Å². The van der Waals surface area contributed by atoms with E-state index in [9.17, 15) is 13.6 Å². The van der Waals surface area contributed by atoms with Crippen molar-refractivity contribution in [2.24, 2.45) is 0 Å². The van der Waals surface area contributed by atoms with E-state index in [0.29, 0.717) is 5.69 Å². The summed E-state index contributed by atoms with van der Waals surface area (Å²) >= 11 is 5.89. The number of H-pyrrole nitrogens is 1. The predicted octanol–water partition coefficient (Wildman–Crippen LogP) is 4.43. The number of aromatic nitrogens is 3. The van der Waals surface area contributed by atoms with Gasteiger partial charge in [0.05, 0.1) is 16.9 Å². The number of anilines is 1. The molecule has 3 heterocycles. The van der Waals surface area contributed by atoms with Crippen molar-refractivity contribution in [3.8, 4) is 17.1 Å². The number of fused-ring (bicyclic) bond motifs is 1. The van der Waals surface area contributed by atoms with Crippen LogP contribution in [-0.2, 0) is 17.9 Å². The highest BCUT2D eigenvalue weighted by molar-refractivity contribution is 6.31. The Balaban J connectivity index is 1.36. The summed E-state index contributed by atoms with van der Waals surface area (Å²) < 4.78 is 33.5. The number of carbonyl (C=O) groups excluding carboxylic acids is 1. The normalized spacial score (nSPS) is 15.8. The summed E-state index contributed by atoms with van der Waals surface area (Å²) in [6.07, 6.45) is 4.44. The summed E-state index contributed by atoms with van der Waals surface area (Å²) in [5, 5.41) is 3.67. The second-order valence-electron chi connectivity index (χ2n) is 9.05. The number of nitrogens with one attached hydrogen (secondary N) is 2. The van der Waals surface area contributed by atoms with E-state index in [-0.39, 0.29) is 40.8 Å². The fourth-order valence-corrected chi connectivity index (χ4v) is 4.77. The van der Waals surface area contributed by atoms with Gasteiger partial charge in [-0.05, 0) is 36.2 Å². The van der Waals surface area contributed by atoms with Crippen LogP contribution in [0.4, 0.5) is 14.6 Å². The molecule has 0 radical (unpaired) electrons. The number of hydrogen-bond acceptors (Lipinski definition) is 6. The topological polar surface area (TPSA) is 109 Å². The number of ether oxygens (including phenoxy) is 1. The number of hydrogen-bond donors (Lipinski definition) is 3. The van der Waals surface area contributed by atoms with Crippen molar-refractivity contribution in [2.45, 2.75) is 32.5 Å². The molecule has 2 aromatic carbocycles. The fourth-order valence-electron chi connectivity index (χ4n) is 4.56. The Kier molecular flexibility index (Phi) is 6.94. The van der Waals surface area contributed by atoms with Crippen molar-refractivity contribution in [3.05, 3.63) is 70.5 Å². The smallest absolute Gasteiger partial charge is 0.258 e. The number of likely N-dealkylation sites (tertiary alicyclic amines) is 1. The van der Waals surface area contributed by atoms with E-state index >= 15 is 0 Å². The highest BCUT2D eigenvalue weighted by Gasteiger charge is 2.24. The van der Waals surface area contributed by atoms with E-state index in [1.165, 1.54) is 13.1 Å². The van der Waals surface area contributed by atoms with Crippen molar-refractivity contribution in [2.75, 3.05) is 18.8 Å². The molecule has 4 aromatic rings. The van der Waals surface area contributed by atoms with E-state index in [1.807, 2.05) is 24.4 Å². The molecule has 5 rings (SSSR count). The van der Waals surface area contributed by atoms with Gasteiger partial charge in [0.15, 0.2) is 5.82 Å². The lowest BCUT2D eigenvalue weighted by Gasteiger charge is -2.16. The lowest BCUT2D eigenvalue weighted by Crippen LogP contribution is -2.35. The van der Waals surface area contributed by atoms with Crippen LogP contribution in [0.25, 0.3) is 22.2 Å². The molecular weight excluding hydrogens is 502 g/mol. The molecule has 4 N–H and O–H groups in total. The SMILES string of the molecule is CC(=O)N[C@H]1CCN(Cc2c[nH]c3ccc(-c4cnc(N)c(OCc5c(F)ccc(F)c5Cl)n4)cc23)C1. The van der Waals surface area contributed by atoms with Gasteiger partial charge >= 0.3 is 0 Å². The highest BCUT2D eigenvalue weighted by Crippen LogP contribution is 2.30. The molecular formula is C26H25ClF2N6O2. The number of halogens is 3. The molecule has 1 atom stereocenters. The minimum Gasteiger partial charge on any atom is -0.470 e. The standard InChI is InChI=1S/C26H25ClF2N6O2/c1-14(36)33-17-6-7-35(12-17)11-16-9-31-22-5-2-15(8-18(16)22)23-10-32-25(30)26(34-23)37-13-19-20(28)3-4-21(29)24(19)27/h2-5,8-10,17,31H,6-7,11-13H2,1H3,(H2,30,32)(H,33,36)/t17-/m0/s1. The molecule has 11 heteroatoms. The van der Waals surface area contributed by atoms with Crippen LogP contribution in [0.1, 0.15) is 24.5 Å². The van der Waals surface area contributed by atoms with Gasteiger partial charge in [-0.25, -0.2) is 18.7 Å². The molecule has 192 valence electrons. The molecule has 1 amide bonds. The molecule has 0 bridgehead atoms. The summed E-state index contributed by atoms with van der Waals surface area (Å²) in [4.78, 5) is 25.6. The first-order chi connectivity index (χ1) is 17.8. The van der Waals surface area contributed by atoms with Crippen LogP contribution >= 0.6 is 11.6 Å². The maximum Gasteiger partial charge on any atom is 0.258 e. The number of rotatable bonds is 7. The highest BCUT2D eigenvalue weighted by atomic mass is 35.5. The predicted molar refractivity (Wildman–Crippen MR) is 137 cm³/mol. The third-order valence-electron chi connectivity index (χ3n) is 6.40. The summed E-state index contributed by atoms with van der Waals surface area (Å²) in [6.45, 7) is 3.61. The summed E-state index contributed by atoms with van der Waals surface area (Å²) in [5.41, 5.74) is 9.20. The quantitative estimate of drug-likeness (QED) is 0.307. The fraction of sp³-hybridized carbons (Fsp3) is 0.269. The zero-order valence-corrected chi connectivity index (χ0v) is 20.8. The Bertz CT molecular complexity index is 1480. The average Bonchev–Trinajstić information content (AvgIpc) is 3.48. The van der Waals surface area contributed by atoms with Crippen molar-refractivity contribution in [1.29, 1.82) is 0 Å².